The lowest BCUT2D eigenvalue weighted by molar-refractivity contribution is 0.0967. The summed E-state index contributed by atoms with van der Waals surface area (Å²) in [5, 5.41) is 0. The van der Waals surface area contributed by atoms with E-state index >= 15 is 0 Å². The molecule has 1 fully saturated rings. The van der Waals surface area contributed by atoms with E-state index in [-0.39, 0.29) is 5.60 Å². The Labute approximate surface area is 105 Å². The molecule has 0 saturated heterocycles. The molecule has 1 heteroatoms. The molecule has 0 N–H and O–H groups in total. The number of unbranched alkanes of at least 4 members (excludes halogenated alkanes) is 1. The van der Waals surface area contributed by atoms with Gasteiger partial charge in [-0.25, -0.2) is 0 Å². The largest absolute Gasteiger partial charge is 0.488 e. The first kappa shape index (κ1) is 12.5. The van der Waals surface area contributed by atoms with Crippen molar-refractivity contribution >= 4 is 0 Å². The Morgan fingerprint density at radius 3 is 2.71 bits per heavy atom. The number of rotatable bonds is 5. The number of benzene rings is 1. The van der Waals surface area contributed by atoms with Crippen LogP contribution >= 0.6 is 0 Å². The summed E-state index contributed by atoms with van der Waals surface area (Å²) in [4.78, 5) is 0. The maximum atomic E-state index is 6.18. The van der Waals surface area contributed by atoms with Gasteiger partial charge in [0.15, 0.2) is 0 Å². The van der Waals surface area contributed by atoms with Crippen LogP contribution in [-0.4, -0.2) is 5.60 Å². The summed E-state index contributed by atoms with van der Waals surface area (Å²) in [7, 11) is 0. The van der Waals surface area contributed by atoms with Crippen molar-refractivity contribution in [3.63, 3.8) is 0 Å². The van der Waals surface area contributed by atoms with E-state index in [9.17, 15) is 0 Å². The van der Waals surface area contributed by atoms with Crippen molar-refractivity contribution in [1.29, 1.82) is 0 Å². The van der Waals surface area contributed by atoms with Gasteiger partial charge in [-0.15, -0.1) is 0 Å². The van der Waals surface area contributed by atoms with E-state index in [1.165, 1.54) is 50.5 Å². The number of ether oxygens (including phenoxy) is 1. The van der Waals surface area contributed by atoms with Gasteiger partial charge in [0, 0.05) is 0 Å². The Hall–Kier alpha value is -0.980. The number of hydrogen-bond donors (Lipinski definition) is 0. The molecule has 0 spiro atoms. The molecule has 0 heterocycles. The Morgan fingerprint density at radius 2 is 2.00 bits per heavy atom. The summed E-state index contributed by atoms with van der Waals surface area (Å²) in [5.74, 6) is 1.06. The predicted octanol–water partition coefficient (Wildman–Crippen LogP) is 4.74. The first-order valence-corrected chi connectivity index (χ1v) is 7.00. The normalized spacial score (nSPS) is 18.2. The van der Waals surface area contributed by atoms with Crippen LogP contribution in [0.15, 0.2) is 24.3 Å². The second-order valence-corrected chi connectivity index (χ2v) is 5.51. The third-order valence-electron chi connectivity index (χ3n) is 3.74. The van der Waals surface area contributed by atoms with Crippen LogP contribution in [0.1, 0.15) is 57.9 Å². The van der Waals surface area contributed by atoms with E-state index in [2.05, 4.69) is 38.1 Å². The van der Waals surface area contributed by atoms with Gasteiger partial charge in [0.25, 0.3) is 0 Å². The number of aryl methyl sites for hydroxylation is 1. The molecule has 0 unspecified atom stereocenters. The maximum absolute atomic E-state index is 6.18. The molecule has 1 aromatic rings. The Morgan fingerprint density at radius 1 is 1.24 bits per heavy atom. The van der Waals surface area contributed by atoms with Gasteiger partial charge in [0.1, 0.15) is 11.4 Å². The van der Waals surface area contributed by atoms with Crippen LogP contribution in [0.5, 0.6) is 5.75 Å². The first-order valence-electron chi connectivity index (χ1n) is 7.00. The zero-order valence-corrected chi connectivity index (χ0v) is 11.2. The lowest BCUT2D eigenvalue weighted by Crippen LogP contribution is -2.27. The van der Waals surface area contributed by atoms with Gasteiger partial charge in [-0.2, -0.15) is 0 Å². The van der Waals surface area contributed by atoms with E-state index < -0.39 is 0 Å². The van der Waals surface area contributed by atoms with Crippen molar-refractivity contribution in [2.24, 2.45) is 0 Å². The highest BCUT2D eigenvalue weighted by molar-refractivity contribution is 5.29. The monoisotopic (exact) mass is 232 g/mol. The highest BCUT2D eigenvalue weighted by atomic mass is 16.5. The molecule has 0 aliphatic heterocycles. The summed E-state index contributed by atoms with van der Waals surface area (Å²) in [6.07, 6.45) is 8.71. The van der Waals surface area contributed by atoms with Gasteiger partial charge >= 0.3 is 0 Å². The first-order chi connectivity index (χ1) is 8.22. The van der Waals surface area contributed by atoms with E-state index in [0.717, 1.165) is 5.75 Å². The zero-order valence-electron chi connectivity index (χ0n) is 11.2. The third-order valence-corrected chi connectivity index (χ3v) is 3.74. The summed E-state index contributed by atoms with van der Waals surface area (Å²) in [6.45, 7) is 4.48. The number of hydrogen-bond acceptors (Lipinski definition) is 1. The van der Waals surface area contributed by atoms with Crippen molar-refractivity contribution in [3.8, 4) is 5.75 Å². The second-order valence-electron chi connectivity index (χ2n) is 5.51. The van der Waals surface area contributed by atoms with Crippen molar-refractivity contribution in [2.75, 3.05) is 0 Å². The molecule has 17 heavy (non-hydrogen) atoms. The SMILES string of the molecule is CCCCc1cccc(OC2(C)CCCC2)c1. The Kier molecular flexibility index (Phi) is 4.09. The van der Waals surface area contributed by atoms with Crippen LogP contribution in [0.2, 0.25) is 0 Å². The van der Waals surface area contributed by atoms with Gasteiger partial charge in [-0.3, -0.25) is 0 Å². The molecule has 1 nitrogen and oxygen atoms in total. The third kappa shape index (κ3) is 3.49. The molecular weight excluding hydrogens is 208 g/mol. The van der Waals surface area contributed by atoms with Crippen LogP contribution in [0, 0.1) is 0 Å². The highest BCUT2D eigenvalue weighted by Gasteiger charge is 2.30. The molecule has 2 rings (SSSR count). The molecule has 0 bridgehead atoms. The minimum absolute atomic E-state index is 0.0867. The lowest BCUT2D eigenvalue weighted by atomic mass is 10.0. The quantitative estimate of drug-likeness (QED) is 0.712. The highest BCUT2D eigenvalue weighted by Crippen LogP contribution is 2.34. The standard InChI is InChI=1S/C16H24O/c1-3-4-8-14-9-7-10-15(13-14)17-16(2)11-5-6-12-16/h7,9-10,13H,3-6,8,11-12H2,1-2H3. The smallest absolute Gasteiger partial charge is 0.120 e. The fourth-order valence-electron chi connectivity index (χ4n) is 2.65. The molecule has 1 saturated carbocycles. The van der Waals surface area contributed by atoms with Crippen LogP contribution in [-0.2, 0) is 6.42 Å². The Bertz CT molecular complexity index is 350. The van der Waals surface area contributed by atoms with Gasteiger partial charge in [0.2, 0.25) is 0 Å². The van der Waals surface area contributed by atoms with Gasteiger partial charge in [-0.05, 0) is 63.1 Å². The van der Waals surface area contributed by atoms with Crippen LogP contribution in [0.4, 0.5) is 0 Å². The minimum atomic E-state index is 0.0867. The predicted molar refractivity (Wildman–Crippen MR) is 72.6 cm³/mol. The van der Waals surface area contributed by atoms with Crippen LogP contribution in [0.25, 0.3) is 0 Å². The molecular formula is C16H24O. The summed E-state index contributed by atoms with van der Waals surface area (Å²) in [5.41, 5.74) is 1.49. The molecule has 1 aromatic carbocycles. The van der Waals surface area contributed by atoms with Crippen molar-refractivity contribution in [2.45, 2.75) is 64.4 Å². The summed E-state index contributed by atoms with van der Waals surface area (Å²) >= 11 is 0. The van der Waals surface area contributed by atoms with E-state index in [4.69, 9.17) is 4.74 Å². The van der Waals surface area contributed by atoms with Crippen LogP contribution in [0.3, 0.4) is 0 Å². The van der Waals surface area contributed by atoms with Gasteiger partial charge < -0.3 is 4.74 Å². The van der Waals surface area contributed by atoms with Crippen molar-refractivity contribution < 1.29 is 4.74 Å². The molecule has 94 valence electrons. The summed E-state index contributed by atoms with van der Waals surface area (Å²) < 4.78 is 6.18. The second kappa shape index (κ2) is 5.57. The van der Waals surface area contributed by atoms with Gasteiger partial charge in [0.05, 0.1) is 0 Å². The lowest BCUT2D eigenvalue weighted by Gasteiger charge is -2.25. The molecule has 0 amide bonds. The van der Waals surface area contributed by atoms with Gasteiger partial charge in [-0.1, -0.05) is 25.5 Å². The summed E-state index contributed by atoms with van der Waals surface area (Å²) in [6, 6.07) is 8.65. The molecule has 0 aromatic heterocycles. The van der Waals surface area contributed by atoms with E-state index in [1.807, 2.05) is 0 Å². The molecule has 1 aliphatic carbocycles. The minimum Gasteiger partial charge on any atom is -0.488 e. The molecule has 1 aliphatic rings. The maximum Gasteiger partial charge on any atom is 0.120 e. The van der Waals surface area contributed by atoms with Crippen molar-refractivity contribution in [1.82, 2.24) is 0 Å². The molecule has 0 atom stereocenters. The van der Waals surface area contributed by atoms with Crippen molar-refractivity contribution in [3.05, 3.63) is 29.8 Å². The van der Waals surface area contributed by atoms with E-state index in [1.54, 1.807) is 0 Å². The topological polar surface area (TPSA) is 9.23 Å². The van der Waals surface area contributed by atoms with E-state index in [0.29, 0.717) is 0 Å². The molecule has 0 radical (unpaired) electrons. The zero-order chi connectivity index (χ0) is 12.1. The average molecular weight is 232 g/mol. The fourth-order valence-corrected chi connectivity index (χ4v) is 2.65. The fraction of sp³-hybridized carbons (Fsp3) is 0.625. The van der Waals surface area contributed by atoms with Crippen LogP contribution < -0.4 is 4.74 Å². The Balaban J connectivity index is 2.00. The average Bonchev–Trinajstić information content (AvgIpc) is 2.73.